The molecule has 0 unspecified atom stereocenters. The largest absolute Gasteiger partial charge is 0.494 e. The van der Waals surface area contributed by atoms with Crippen LogP contribution in [-0.2, 0) is 0 Å². The normalized spacial score (nSPS) is 10.1. The van der Waals surface area contributed by atoms with E-state index in [4.69, 9.17) is 4.74 Å². The lowest BCUT2D eigenvalue weighted by Gasteiger charge is -2.07. The van der Waals surface area contributed by atoms with Crippen molar-refractivity contribution in [1.29, 1.82) is 0 Å². The Morgan fingerprint density at radius 1 is 1.29 bits per heavy atom. The molecule has 8 heteroatoms. The first-order chi connectivity index (χ1) is 10.2. The van der Waals surface area contributed by atoms with Gasteiger partial charge in [0.05, 0.1) is 6.61 Å². The van der Waals surface area contributed by atoms with Gasteiger partial charge in [0, 0.05) is 6.54 Å². The first-order valence-electron chi connectivity index (χ1n) is 6.43. The summed E-state index contributed by atoms with van der Waals surface area (Å²) in [6, 6.07) is 5.58. The third-order valence-electron chi connectivity index (χ3n) is 2.52. The number of amides is 2. The number of hydrogen-bond donors (Lipinski definition) is 2. The van der Waals surface area contributed by atoms with E-state index < -0.39 is 0 Å². The van der Waals surface area contributed by atoms with Crippen LogP contribution in [0.4, 0.5) is 14.3 Å². The maximum absolute atomic E-state index is 12.7. The van der Waals surface area contributed by atoms with Crippen LogP contribution in [0.5, 0.6) is 5.75 Å². The molecule has 0 aliphatic carbocycles. The number of urea groups is 1. The van der Waals surface area contributed by atoms with Crippen molar-refractivity contribution in [3.05, 3.63) is 35.6 Å². The molecule has 1 aromatic heterocycles. The highest BCUT2D eigenvalue weighted by Gasteiger charge is 2.02. The van der Waals surface area contributed by atoms with Gasteiger partial charge in [-0.05, 0) is 37.1 Å². The van der Waals surface area contributed by atoms with Gasteiger partial charge in [-0.1, -0.05) is 11.3 Å². The molecule has 0 aliphatic rings. The number of unbranched alkanes of at least 4 members (excludes halogenated alkanes) is 1. The van der Waals surface area contributed by atoms with Crippen LogP contribution in [0.3, 0.4) is 0 Å². The summed E-state index contributed by atoms with van der Waals surface area (Å²) in [6.45, 7) is 1.06. The molecule has 0 saturated carbocycles. The molecule has 112 valence electrons. The van der Waals surface area contributed by atoms with Crippen LogP contribution in [0.15, 0.2) is 29.8 Å². The first-order valence-corrected chi connectivity index (χ1v) is 7.31. The number of ether oxygens (including phenoxy) is 1. The van der Waals surface area contributed by atoms with Crippen LogP contribution in [0.25, 0.3) is 0 Å². The highest BCUT2D eigenvalue weighted by Crippen LogP contribution is 2.11. The Hall–Kier alpha value is -2.22. The van der Waals surface area contributed by atoms with Gasteiger partial charge in [-0.25, -0.2) is 9.18 Å². The molecule has 2 N–H and O–H groups in total. The van der Waals surface area contributed by atoms with Crippen LogP contribution in [0.2, 0.25) is 0 Å². The third-order valence-corrected chi connectivity index (χ3v) is 3.13. The predicted octanol–water partition coefficient (Wildman–Crippen LogP) is 2.66. The van der Waals surface area contributed by atoms with Crippen LogP contribution in [0.1, 0.15) is 12.8 Å². The molecule has 0 bridgehead atoms. The highest BCUT2D eigenvalue weighted by molar-refractivity contribution is 7.13. The van der Waals surface area contributed by atoms with Crippen molar-refractivity contribution in [2.45, 2.75) is 12.8 Å². The Morgan fingerprint density at radius 2 is 2.10 bits per heavy atom. The van der Waals surface area contributed by atoms with E-state index in [0.717, 1.165) is 12.8 Å². The molecule has 6 nitrogen and oxygen atoms in total. The lowest BCUT2D eigenvalue weighted by Crippen LogP contribution is -2.29. The molecule has 2 amide bonds. The van der Waals surface area contributed by atoms with Crippen molar-refractivity contribution >= 4 is 22.5 Å². The average molecular weight is 310 g/mol. The van der Waals surface area contributed by atoms with Crippen molar-refractivity contribution in [3.8, 4) is 5.75 Å². The summed E-state index contributed by atoms with van der Waals surface area (Å²) in [6.07, 6.45) is 1.57. The smallest absolute Gasteiger partial charge is 0.321 e. The number of carbonyl (C=O) groups is 1. The monoisotopic (exact) mass is 310 g/mol. The zero-order chi connectivity index (χ0) is 14.9. The van der Waals surface area contributed by atoms with E-state index in [1.165, 1.54) is 23.5 Å². The van der Waals surface area contributed by atoms with Gasteiger partial charge in [-0.15, -0.1) is 10.2 Å². The van der Waals surface area contributed by atoms with E-state index in [-0.39, 0.29) is 11.8 Å². The molecule has 1 heterocycles. The fourth-order valence-corrected chi connectivity index (χ4v) is 1.96. The SMILES string of the molecule is O=C(NCCCCOc1ccc(F)cc1)Nc1nncs1. The maximum Gasteiger partial charge on any atom is 0.321 e. The van der Waals surface area contributed by atoms with Crippen molar-refractivity contribution in [2.24, 2.45) is 0 Å². The van der Waals surface area contributed by atoms with E-state index in [9.17, 15) is 9.18 Å². The van der Waals surface area contributed by atoms with Gasteiger partial charge in [-0.3, -0.25) is 5.32 Å². The molecule has 0 aliphatic heterocycles. The lowest BCUT2D eigenvalue weighted by atomic mass is 10.3. The van der Waals surface area contributed by atoms with Crippen molar-refractivity contribution in [1.82, 2.24) is 15.5 Å². The molecule has 0 atom stereocenters. The van der Waals surface area contributed by atoms with Crippen LogP contribution >= 0.6 is 11.3 Å². The van der Waals surface area contributed by atoms with Crippen molar-refractivity contribution < 1.29 is 13.9 Å². The second-order valence-corrected chi connectivity index (χ2v) is 4.97. The summed E-state index contributed by atoms with van der Waals surface area (Å²) >= 11 is 1.26. The third kappa shape index (κ3) is 5.74. The highest BCUT2D eigenvalue weighted by atomic mass is 32.1. The molecule has 0 saturated heterocycles. The van der Waals surface area contributed by atoms with Gasteiger partial charge in [-0.2, -0.15) is 0 Å². The second-order valence-electron chi connectivity index (χ2n) is 4.13. The Morgan fingerprint density at radius 3 is 2.81 bits per heavy atom. The quantitative estimate of drug-likeness (QED) is 0.771. The zero-order valence-electron chi connectivity index (χ0n) is 11.2. The standard InChI is InChI=1S/C13H15FN4O2S/c14-10-3-5-11(6-4-10)20-8-2-1-7-15-12(19)17-13-18-16-9-21-13/h3-6,9H,1-2,7-8H2,(H2,15,17,18,19). The summed E-state index contributed by atoms with van der Waals surface area (Å²) < 4.78 is 18.1. The lowest BCUT2D eigenvalue weighted by molar-refractivity contribution is 0.251. The van der Waals surface area contributed by atoms with Gasteiger partial charge >= 0.3 is 6.03 Å². The summed E-state index contributed by atoms with van der Waals surface area (Å²) in [5.41, 5.74) is 1.54. The molecule has 0 radical (unpaired) electrons. The van der Waals surface area contributed by atoms with E-state index in [1.54, 1.807) is 17.6 Å². The second kappa shape index (κ2) is 8.15. The van der Waals surface area contributed by atoms with Gasteiger partial charge in [0.25, 0.3) is 0 Å². The number of benzene rings is 1. The number of aromatic nitrogens is 2. The molecule has 2 aromatic rings. The fraction of sp³-hybridized carbons (Fsp3) is 0.308. The van der Waals surface area contributed by atoms with E-state index in [2.05, 4.69) is 20.8 Å². The molecule has 1 aromatic carbocycles. The van der Waals surface area contributed by atoms with Crippen LogP contribution < -0.4 is 15.4 Å². The number of carbonyl (C=O) groups excluding carboxylic acids is 1. The minimum atomic E-state index is -0.300. The molecule has 21 heavy (non-hydrogen) atoms. The topological polar surface area (TPSA) is 76.1 Å². The average Bonchev–Trinajstić information content (AvgIpc) is 2.97. The molecule has 0 spiro atoms. The summed E-state index contributed by atoms with van der Waals surface area (Å²) in [5, 5.41) is 13.1. The molecule has 0 fully saturated rings. The number of nitrogens with zero attached hydrogens (tertiary/aromatic N) is 2. The van der Waals surface area contributed by atoms with Crippen molar-refractivity contribution in [2.75, 3.05) is 18.5 Å². The Labute approximate surface area is 125 Å². The van der Waals surface area contributed by atoms with Gasteiger partial charge in [0.2, 0.25) is 5.13 Å². The number of anilines is 1. The molecule has 2 rings (SSSR count). The number of hydrogen-bond acceptors (Lipinski definition) is 5. The predicted molar refractivity (Wildman–Crippen MR) is 78.1 cm³/mol. The number of nitrogens with one attached hydrogen (secondary N) is 2. The summed E-state index contributed by atoms with van der Waals surface area (Å²) in [7, 11) is 0. The Balaban J connectivity index is 1.52. The molecular formula is C13H15FN4O2S. The Kier molecular flexibility index (Phi) is 5.89. The summed E-state index contributed by atoms with van der Waals surface area (Å²) in [5.74, 6) is 0.353. The van der Waals surface area contributed by atoms with E-state index >= 15 is 0 Å². The number of rotatable bonds is 7. The minimum absolute atomic E-state index is 0.284. The minimum Gasteiger partial charge on any atom is -0.494 e. The Bertz CT molecular complexity index is 548. The fourth-order valence-electron chi connectivity index (χ4n) is 1.52. The number of halogens is 1. The van der Waals surface area contributed by atoms with Crippen LogP contribution in [-0.4, -0.2) is 29.4 Å². The van der Waals surface area contributed by atoms with Crippen molar-refractivity contribution in [3.63, 3.8) is 0 Å². The summed E-state index contributed by atoms with van der Waals surface area (Å²) in [4.78, 5) is 11.4. The van der Waals surface area contributed by atoms with Gasteiger partial charge < -0.3 is 10.1 Å². The zero-order valence-corrected chi connectivity index (χ0v) is 12.0. The first kappa shape index (κ1) is 15.2. The van der Waals surface area contributed by atoms with Crippen LogP contribution in [0, 0.1) is 5.82 Å². The van der Waals surface area contributed by atoms with Gasteiger partial charge in [0.1, 0.15) is 17.1 Å². The molecular weight excluding hydrogens is 295 g/mol. The maximum atomic E-state index is 12.7. The van der Waals surface area contributed by atoms with E-state index in [1.807, 2.05) is 0 Å². The van der Waals surface area contributed by atoms with E-state index in [0.29, 0.717) is 24.0 Å². The van der Waals surface area contributed by atoms with Gasteiger partial charge in [0.15, 0.2) is 0 Å².